The predicted molar refractivity (Wildman–Crippen MR) is 128 cm³/mol. The van der Waals surface area contributed by atoms with Crippen LogP contribution in [0.2, 0.25) is 4.34 Å². The Bertz CT molecular complexity index is 1210. The first kappa shape index (κ1) is 23.2. The zero-order valence-electron chi connectivity index (χ0n) is 17.1. The molecule has 168 valence electrons. The normalized spacial score (nSPS) is 10.9. The predicted octanol–water partition coefficient (Wildman–Crippen LogP) is 6.03. The van der Waals surface area contributed by atoms with E-state index in [9.17, 15) is 9.36 Å². The molecule has 0 aliphatic heterocycles. The Labute approximate surface area is 200 Å². The monoisotopic (exact) mass is 500 g/mol. The first-order chi connectivity index (χ1) is 16.1. The number of hydrogen-bond donors (Lipinski definition) is 1. The summed E-state index contributed by atoms with van der Waals surface area (Å²) in [6, 6.07) is 23.2. The molecule has 0 atom stereocenters. The second-order valence-corrected chi connectivity index (χ2v) is 8.97. The molecular weight excluding hydrogens is 483 g/mol. The molecule has 33 heavy (non-hydrogen) atoms. The zero-order valence-corrected chi connectivity index (χ0v) is 19.6. The Morgan fingerprint density at radius 3 is 2.42 bits per heavy atom. The topological polar surface area (TPSA) is 81.0 Å². The molecule has 1 amide bonds. The third-order valence-corrected chi connectivity index (χ3v) is 6.01. The Balaban J connectivity index is 1.44. The van der Waals surface area contributed by atoms with Crippen LogP contribution in [0.4, 0.5) is 5.69 Å². The quantitative estimate of drug-likeness (QED) is 0.124. The number of anilines is 1. The molecule has 0 bridgehead atoms. The van der Waals surface area contributed by atoms with E-state index in [1.54, 1.807) is 48.5 Å². The number of rotatable bonds is 10. The highest BCUT2D eigenvalue weighted by molar-refractivity contribution is 7.33. The lowest BCUT2D eigenvalue weighted by Crippen LogP contribution is -2.44. The van der Waals surface area contributed by atoms with E-state index in [0.717, 1.165) is 5.75 Å². The summed E-state index contributed by atoms with van der Waals surface area (Å²) in [4.78, 5) is 13.6. The van der Waals surface area contributed by atoms with E-state index in [1.807, 2.05) is 30.3 Å². The van der Waals surface area contributed by atoms with Crippen LogP contribution in [0.1, 0.15) is 15.4 Å². The van der Waals surface area contributed by atoms with Crippen molar-refractivity contribution in [1.82, 2.24) is 5.43 Å². The smallest absolute Gasteiger partial charge is 0.282 e. The lowest BCUT2D eigenvalue weighted by atomic mass is 10.2. The molecule has 0 radical (unpaired) electrons. The number of nitrogens with one attached hydrogen (secondary N) is 1. The summed E-state index contributed by atoms with van der Waals surface area (Å²) in [5, 5.41) is 1.39. The highest BCUT2D eigenvalue weighted by atomic mass is 35.5. The van der Waals surface area contributed by atoms with Gasteiger partial charge in [0.1, 0.15) is 30.6 Å². The fourth-order valence-electron chi connectivity index (χ4n) is 2.86. The van der Waals surface area contributed by atoms with Crippen molar-refractivity contribution in [2.24, 2.45) is 0 Å². The van der Waals surface area contributed by atoms with Crippen molar-refractivity contribution < 1.29 is 23.3 Å². The van der Waals surface area contributed by atoms with Crippen LogP contribution < -0.4 is 20.7 Å². The summed E-state index contributed by atoms with van der Waals surface area (Å²) in [6.45, 7) is 0.178. The van der Waals surface area contributed by atoms with E-state index >= 15 is 0 Å². The van der Waals surface area contributed by atoms with Crippen LogP contribution in [0, 0.1) is 0 Å². The first-order valence-electron chi connectivity index (χ1n) is 9.78. The third kappa shape index (κ3) is 6.28. The number of furan rings is 1. The third-order valence-electron chi connectivity index (χ3n) is 4.37. The molecule has 0 saturated heterocycles. The van der Waals surface area contributed by atoms with Crippen LogP contribution in [0.5, 0.6) is 11.5 Å². The van der Waals surface area contributed by atoms with Gasteiger partial charge >= 0.3 is 0 Å². The number of hydrogen-bond acceptors (Lipinski definition) is 7. The summed E-state index contributed by atoms with van der Waals surface area (Å²) in [5.74, 6) is 1.60. The van der Waals surface area contributed by atoms with Crippen molar-refractivity contribution >= 4 is 48.5 Å². The summed E-state index contributed by atoms with van der Waals surface area (Å²) in [7, 11) is -0.190. The van der Waals surface area contributed by atoms with E-state index in [1.165, 1.54) is 16.3 Å². The van der Waals surface area contributed by atoms with Gasteiger partial charge in [0.2, 0.25) is 8.46 Å². The molecule has 2 aromatic carbocycles. The van der Waals surface area contributed by atoms with Crippen molar-refractivity contribution in [3.05, 3.63) is 93.8 Å². The van der Waals surface area contributed by atoms with Gasteiger partial charge in [0.25, 0.3) is 5.91 Å². The maximum Gasteiger partial charge on any atom is 0.282 e. The standard InChI is InChI=1S/C23H18ClN2O5PS/c24-21-12-11-20(33-21)23(27)26(25-15-29-14-19-10-13-22(31-19)32-28)16-6-8-18(9-7-16)30-17-4-2-1-3-5-17/h1-13,25H,14-15H2. The van der Waals surface area contributed by atoms with Gasteiger partial charge in [-0.1, -0.05) is 29.8 Å². The van der Waals surface area contributed by atoms with Crippen molar-refractivity contribution in [3.63, 3.8) is 0 Å². The van der Waals surface area contributed by atoms with Crippen LogP contribution in [0.3, 0.4) is 0 Å². The van der Waals surface area contributed by atoms with Crippen molar-refractivity contribution in [2.75, 3.05) is 11.7 Å². The van der Waals surface area contributed by atoms with Gasteiger partial charge in [-0.3, -0.25) is 9.36 Å². The van der Waals surface area contributed by atoms with E-state index in [0.29, 0.717) is 31.9 Å². The van der Waals surface area contributed by atoms with Crippen LogP contribution in [-0.2, 0) is 15.9 Å². The Morgan fingerprint density at radius 2 is 1.76 bits per heavy atom. The van der Waals surface area contributed by atoms with E-state index < -0.39 is 0 Å². The van der Waals surface area contributed by atoms with Crippen LogP contribution in [0.25, 0.3) is 0 Å². The van der Waals surface area contributed by atoms with Crippen LogP contribution in [0.15, 0.2) is 83.3 Å². The minimum atomic E-state index is -0.280. The highest BCUT2D eigenvalue weighted by Gasteiger charge is 2.20. The average molecular weight is 501 g/mol. The Morgan fingerprint density at radius 1 is 1.00 bits per heavy atom. The SMILES string of the molecule is O=Pc1ccc(COCNN(C(=O)c2ccc(Cl)s2)c2ccc(Oc3ccccc3)cc2)o1. The number of halogens is 1. The van der Waals surface area contributed by atoms with E-state index in [-0.39, 0.29) is 27.7 Å². The minimum Gasteiger partial charge on any atom is -0.457 e. The molecule has 2 aromatic heterocycles. The lowest BCUT2D eigenvalue weighted by molar-refractivity contribution is 0.0796. The van der Waals surface area contributed by atoms with Gasteiger partial charge in [-0.15, -0.1) is 11.3 Å². The number of carbonyl (C=O) groups is 1. The summed E-state index contributed by atoms with van der Waals surface area (Å²) < 4.78 is 28.1. The van der Waals surface area contributed by atoms with Gasteiger partial charge in [-0.25, -0.2) is 10.4 Å². The van der Waals surface area contributed by atoms with Gasteiger partial charge < -0.3 is 13.9 Å². The second kappa shape index (κ2) is 11.2. The molecule has 0 aliphatic rings. The highest BCUT2D eigenvalue weighted by Crippen LogP contribution is 2.27. The van der Waals surface area contributed by atoms with Crippen molar-refractivity contribution in [1.29, 1.82) is 0 Å². The molecule has 7 nitrogen and oxygen atoms in total. The molecule has 0 saturated carbocycles. The number of benzene rings is 2. The maximum atomic E-state index is 13.1. The van der Waals surface area contributed by atoms with Crippen molar-refractivity contribution in [3.8, 4) is 11.5 Å². The Hall–Kier alpha value is -3.00. The van der Waals surface area contributed by atoms with Crippen LogP contribution >= 0.6 is 31.4 Å². The fraction of sp³-hybridized carbons (Fsp3) is 0.0870. The molecule has 4 aromatic rings. The zero-order chi connectivity index (χ0) is 23.0. The summed E-state index contributed by atoms with van der Waals surface area (Å²) in [5.41, 5.74) is 3.90. The molecule has 0 spiro atoms. The van der Waals surface area contributed by atoms with E-state index in [2.05, 4.69) is 5.43 Å². The number of hydrazine groups is 1. The van der Waals surface area contributed by atoms with Gasteiger partial charge in [-0.2, -0.15) is 0 Å². The number of amides is 1. The minimum absolute atomic E-state index is 0.0260. The number of nitrogens with zero attached hydrogens (tertiary/aromatic N) is 1. The number of ether oxygens (including phenoxy) is 2. The fourth-order valence-corrected chi connectivity index (χ4v) is 4.13. The molecule has 10 heteroatoms. The molecule has 4 rings (SSSR count). The largest absolute Gasteiger partial charge is 0.457 e. The maximum absolute atomic E-state index is 13.1. The summed E-state index contributed by atoms with van der Waals surface area (Å²) in [6.07, 6.45) is 0. The van der Waals surface area contributed by atoms with E-state index in [4.69, 9.17) is 25.5 Å². The van der Waals surface area contributed by atoms with Gasteiger partial charge in [-0.05, 0) is 60.7 Å². The molecule has 1 N–H and O–H groups in total. The van der Waals surface area contributed by atoms with Crippen molar-refractivity contribution in [2.45, 2.75) is 6.61 Å². The lowest BCUT2D eigenvalue weighted by Gasteiger charge is -2.23. The number of carbonyl (C=O) groups excluding carboxylic acids is 1. The molecule has 2 heterocycles. The summed E-state index contributed by atoms with van der Waals surface area (Å²) >= 11 is 7.20. The molecule has 0 aliphatic carbocycles. The number of para-hydroxylation sites is 1. The van der Waals surface area contributed by atoms with Crippen LogP contribution in [-0.4, -0.2) is 12.6 Å². The average Bonchev–Trinajstić information content (AvgIpc) is 3.49. The van der Waals surface area contributed by atoms with Gasteiger partial charge in [0.15, 0.2) is 5.50 Å². The van der Waals surface area contributed by atoms with Gasteiger partial charge in [0.05, 0.1) is 14.9 Å². The second-order valence-electron chi connectivity index (χ2n) is 6.64. The first-order valence-corrected chi connectivity index (χ1v) is 11.8. The molecule has 0 unspecified atom stereocenters. The molecule has 0 fully saturated rings. The molecular formula is C23H18ClN2O5PS. The Kier molecular flexibility index (Phi) is 7.88. The number of thiophene rings is 1. The van der Waals surface area contributed by atoms with Gasteiger partial charge in [0, 0.05) is 0 Å².